The first-order chi connectivity index (χ1) is 7.91. The molecule has 1 atom stereocenters. The summed E-state index contributed by atoms with van der Waals surface area (Å²) in [5.41, 5.74) is 1.75. The molecule has 0 bridgehead atoms. The van der Waals surface area contributed by atoms with Crippen molar-refractivity contribution in [3.8, 4) is 5.75 Å². The Morgan fingerprint density at radius 3 is 2.59 bits per heavy atom. The summed E-state index contributed by atoms with van der Waals surface area (Å²) in [7, 11) is 3.38. The summed E-state index contributed by atoms with van der Waals surface area (Å²) in [4.78, 5) is 12.8. The second kappa shape index (κ2) is 5.68. The highest BCUT2D eigenvalue weighted by atomic mass is 16.5. The summed E-state index contributed by atoms with van der Waals surface area (Å²) in [5, 5.41) is 9.43. The van der Waals surface area contributed by atoms with Crippen molar-refractivity contribution in [2.45, 2.75) is 20.0 Å². The number of aryl methyl sites for hydroxylation is 1. The number of aliphatic hydroxyl groups is 1. The number of hydrogen-bond acceptors (Lipinski definition) is 3. The van der Waals surface area contributed by atoms with E-state index >= 15 is 0 Å². The summed E-state index contributed by atoms with van der Waals surface area (Å²) >= 11 is 0. The van der Waals surface area contributed by atoms with E-state index in [0.717, 1.165) is 11.1 Å². The van der Waals surface area contributed by atoms with Crippen LogP contribution in [0.5, 0.6) is 5.75 Å². The fraction of sp³-hybridized carbons (Fsp3) is 0.462. The topological polar surface area (TPSA) is 49.8 Å². The predicted octanol–water partition coefficient (Wildman–Crippen LogP) is 1.52. The van der Waals surface area contributed by atoms with Gasteiger partial charge in [-0.3, -0.25) is 4.79 Å². The van der Waals surface area contributed by atoms with Crippen LogP contribution in [0.25, 0.3) is 0 Å². The van der Waals surface area contributed by atoms with Crippen LogP contribution in [0, 0.1) is 6.92 Å². The van der Waals surface area contributed by atoms with E-state index < -0.39 is 6.10 Å². The first kappa shape index (κ1) is 13.5. The molecule has 0 fully saturated rings. The molecule has 0 spiro atoms. The largest absolute Gasteiger partial charge is 0.484 e. The van der Waals surface area contributed by atoms with Crippen LogP contribution in [0.3, 0.4) is 0 Å². The summed E-state index contributed by atoms with van der Waals surface area (Å²) in [5.74, 6) is 0.591. The van der Waals surface area contributed by atoms with Crippen LogP contribution in [-0.4, -0.2) is 36.6 Å². The smallest absolute Gasteiger partial charge is 0.259 e. The first-order valence-electron chi connectivity index (χ1n) is 5.53. The van der Waals surface area contributed by atoms with Crippen LogP contribution in [0.2, 0.25) is 0 Å². The first-order valence-corrected chi connectivity index (χ1v) is 5.53. The molecule has 4 nitrogen and oxygen atoms in total. The summed E-state index contributed by atoms with van der Waals surface area (Å²) in [6.07, 6.45) is -0.494. The molecule has 1 N–H and O–H groups in total. The van der Waals surface area contributed by atoms with E-state index in [2.05, 4.69) is 0 Å². The normalized spacial score (nSPS) is 12.1. The van der Waals surface area contributed by atoms with Crippen molar-refractivity contribution in [2.75, 3.05) is 20.7 Å². The number of hydrogen-bond donors (Lipinski definition) is 1. The van der Waals surface area contributed by atoms with Gasteiger partial charge < -0.3 is 14.7 Å². The molecule has 1 amide bonds. The molecule has 0 aliphatic rings. The number of carbonyl (C=O) groups excluding carboxylic acids is 1. The fourth-order valence-electron chi connectivity index (χ4n) is 1.36. The molecule has 1 aromatic rings. The summed E-state index contributed by atoms with van der Waals surface area (Å²) in [6.45, 7) is 3.63. The number of carbonyl (C=O) groups is 1. The maximum atomic E-state index is 11.4. The van der Waals surface area contributed by atoms with Crippen molar-refractivity contribution < 1.29 is 14.6 Å². The van der Waals surface area contributed by atoms with E-state index in [1.165, 1.54) is 4.90 Å². The minimum atomic E-state index is -0.494. The van der Waals surface area contributed by atoms with Crippen LogP contribution in [0.4, 0.5) is 0 Å². The number of rotatable bonds is 4. The standard InChI is InChI=1S/C13H19NO3/c1-9-7-11(10(2)15)5-6-12(9)17-8-13(16)14(3)4/h5-7,10,15H,8H2,1-4H3. The molecule has 0 aliphatic heterocycles. The quantitative estimate of drug-likeness (QED) is 0.863. The molecule has 1 rings (SSSR count). The fourth-order valence-corrected chi connectivity index (χ4v) is 1.36. The molecular formula is C13H19NO3. The van der Waals surface area contributed by atoms with Gasteiger partial charge in [-0.25, -0.2) is 0 Å². The van der Waals surface area contributed by atoms with Crippen molar-refractivity contribution in [3.05, 3.63) is 29.3 Å². The van der Waals surface area contributed by atoms with Gasteiger partial charge >= 0.3 is 0 Å². The van der Waals surface area contributed by atoms with Gasteiger partial charge in [-0.05, 0) is 37.1 Å². The van der Waals surface area contributed by atoms with E-state index in [0.29, 0.717) is 5.75 Å². The number of likely N-dealkylation sites (N-methyl/N-ethyl adjacent to an activating group) is 1. The number of benzene rings is 1. The Labute approximate surface area is 102 Å². The van der Waals surface area contributed by atoms with Gasteiger partial charge in [0.15, 0.2) is 6.61 Å². The van der Waals surface area contributed by atoms with Gasteiger partial charge in [0.2, 0.25) is 0 Å². The zero-order valence-corrected chi connectivity index (χ0v) is 10.7. The third-order valence-electron chi connectivity index (χ3n) is 2.53. The van der Waals surface area contributed by atoms with E-state index in [1.807, 2.05) is 13.0 Å². The van der Waals surface area contributed by atoms with Crippen molar-refractivity contribution in [1.82, 2.24) is 4.90 Å². The molecule has 94 valence electrons. The zero-order valence-electron chi connectivity index (χ0n) is 10.7. The van der Waals surface area contributed by atoms with Crippen molar-refractivity contribution in [2.24, 2.45) is 0 Å². The van der Waals surface area contributed by atoms with Crippen molar-refractivity contribution in [1.29, 1.82) is 0 Å². The van der Waals surface area contributed by atoms with Crippen LogP contribution >= 0.6 is 0 Å². The molecule has 0 saturated heterocycles. The molecule has 4 heteroatoms. The van der Waals surface area contributed by atoms with Gasteiger partial charge in [0, 0.05) is 14.1 Å². The average Bonchev–Trinajstić information content (AvgIpc) is 2.26. The number of aliphatic hydroxyl groups excluding tert-OH is 1. The monoisotopic (exact) mass is 237 g/mol. The van der Waals surface area contributed by atoms with E-state index in [-0.39, 0.29) is 12.5 Å². The zero-order chi connectivity index (χ0) is 13.0. The molecule has 0 aromatic heterocycles. The van der Waals surface area contributed by atoms with Gasteiger partial charge in [0.05, 0.1) is 6.10 Å². The lowest BCUT2D eigenvalue weighted by atomic mass is 10.1. The minimum absolute atomic E-state index is 0.0296. The number of amides is 1. The Morgan fingerprint density at radius 1 is 1.47 bits per heavy atom. The maximum absolute atomic E-state index is 11.4. The van der Waals surface area contributed by atoms with E-state index in [4.69, 9.17) is 4.74 Å². The second-order valence-corrected chi connectivity index (χ2v) is 4.28. The summed E-state index contributed by atoms with van der Waals surface area (Å²) in [6, 6.07) is 5.44. The Hall–Kier alpha value is -1.55. The Balaban J connectivity index is 2.70. The van der Waals surface area contributed by atoms with Gasteiger partial charge in [-0.2, -0.15) is 0 Å². The molecule has 1 unspecified atom stereocenters. The number of ether oxygens (including phenoxy) is 1. The van der Waals surface area contributed by atoms with Gasteiger partial charge in [0.25, 0.3) is 5.91 Å². The lowest BCUT2D eigenvalue weighted by molar-refractivity contribution is -0.130. The van der Waals surface area contributed by atoms with Crippen LogP contribution in [0.1, 0.15) is 24.2 Å². The SMILES string of the molecule is Cc1cc(C(C)O)ccc1OCC(=O)N(C)C. The molecule has 0 radical (unpaired) electrons. The van der Waals surface area contributed by atoms with Gasteiger partial charge in [0.1, 0.15) is 5.75 Å². The Morgan fingerprint density at radius 2 is 2.12 bits per heavy atom. The van der Waals surface area contributed by atoms with Crippen LogP contribution < -0.4 is 4.74 Å². The minimum Gasteiger partial charge on any atom is -0.484 e. The Bertz CT molecular complexity index is 400. The molecular weight excluding hydrogens is 218 g/mol. The van der Waals surface area contributed by atoms with Gasteiger partial charge in [-0.1, -0.05) is 6.07 Å². The van der Waals surface area contributed by atoms with Crippen molar-refractivity contribution in [3.63, 3.8) is 0 Å². The molecule has 0 saturated carbocycles. The summed E-state index contributed by atoms with van der Waals surface area (Å²) < 4.78 is 5.42. The second-order valence-electron chi connectivity index (χ2n) is 4.28. The third-order valence-corrected chi connectivity index (χ3v) is 2.53. The highest BCUT2D eigenvalue weighted by molar-refractivity contribution is 5.77. The van der Waals surface area contributed by atoms with Crippen molar-refractivity contribution >= 4 is 5.91 Å². The van der Waals surface area contributed by atoms with E-state index in [1.54, 1.807) is 33.2 Å². The highest BCUT2D eigenvalue weighted by Crippen LogP contribution is 2.22. The molecule has 1 aromatic carbocycles. The highest BCUT2D eigenvalue weighted by Gasteiger charge is 2.08. The van der Waals surface area contributed by atoms with Crippen LogP contribution in [-0.2, 0) is 4.79 Å². The maximum Gasteiger partial charge on any atom is 0.259 e. The van der Waals surface area contributed by atoms with Crippen LogP contribution in [0.15, 0.2) is 18.2 Å². The number of nitrogens with zero attached hydrogens (tertiary/aromatic N) is 1. The lowest BCUT2D eigenvalue weighted by Gasteiger charge is -2.14. The molecule has 17 heavy (non-hydrogen) atoms. The lowest BCUT2D eigenvalue weighted by Crippen LogP contribution is -2.27. The average molecular weight is 237 g/mol. The molecule has 0 aliphatic carbocycles. The predicted molar refractivity (Wildman–Crippen MR) is 66.0 cm³/mol. The van der Waals surface area contributed by atoms with E-state index in [9.17, 15) is 9.90 Å². The Kier molecular flexibility index (Phi) is 4.52. The third kappa shape index (κ3) is 3.75. The molecule has 0 heterocycles. The van der Waals surface area contributed by atoms with Gasteiger partial charge in [-0.15, -0.1) is 0 Å².